The molecule has 0 bridgehead atoms. The highest BCUT2D eigenvalue weighted by atomic mass is 16.5. The second-order valence-corrected chi connectivity index (χ2v) is 11.1. The molecule has 0 atom stereocenters. The standard InChI is InChI=1S/C33H54N4O2/c1-6-9-13-28-14-18-30(19-15-28)35-32(38)37(33(27-34,22-10-7-2)23-11-8-3)26-29-16-20-31(21-17-29)39-25-12-24-36(4)5/h14-21H,6-13,22-27,34H2,1-5H3,(H,35,38). The molecule has 3 N–H and O–H groups in total. The van der Waals surface area contributed by atoms with Gasteiger partial charge in [-0.1, -0.05) is 77.1 Å². The number of amides is 2. The molecule has 0 saturated heterocycles. The van der Waals surface area contributed by atoms with E-state index in [0.717, 1.165) is 74.9 Å². The van der Waals surface area contributed by atoms with Gasteiger partial charge in [0.25, 0.3) is 0 Å². The third kappa shape index (κ3) is 11.2. The van der Waals surface area contributed by atoms with Crippen LogP contribution in [0.4, 0.5) is 10.5 Å². The molecule has 0 fully saturated rings. The first-order valence-corrected chi connectivity index (χ1v) is 15.1. The summed E-state index contributed by atoms with van der Waals surface area (Å²) in [7, 11) is 4.14. The van der Waals surface area contributed by atoms with E-state index in [9.17, 15) is 4.79 Å². The summed E-state index contributed by atoms with van der Waals surface area (Å²) in [6.07, 6.45) is 10.4. The Balaban J connectivity index is 2.25. The van der Waals surface area contributed by atoms with Gasteiger partial charge < -0.3 is 25.6 Å². The van der Waals surface area contributed by atoms with Crippen molar-refractivity contribution in [3.05, 3.63) is 59.7 Å². The lowest BCUT2D eigenvalue weighted by Crippen LogP contribution is -2.57. The van der Waals surface area contributed by atoms with Gasteiger partial charge in [-0.3, -0.25) is 0 Å². The van der Waals surface area contributed by atoms with Crippen LogP contribution < -0.4 is 15.8 Å². The summed E-state index contributed by atoms with van der Waals surface area (Å²) in [5, 5.41) is 3.20. The van der Waals surface area contributed by atoms with E-state index in [-0.39, 0.29) is 6.03 Å². The molecule has 0 spiro atoms. The number of nitrogens with two attached hydrogens (primary N) is 1. The van der Waals surface area contributed by atoms with E-state index in [1.807, 2.05) is 29.2 Å². The summed E-state index contributed by atoms with van der Waals surface area (Å²) in [4.78, 5) is 18.1. The number of carbonyl (C=O) groups is 1. The van der Waals surface area contributed by atoms with Crippen LogP contribution in [0.5, 0.6) is 5.75 Å². The lowest BCUT2D eigenvalue weighted by molar-refractivity contribution is 0.0992. The van der Waals surface area contributed by atoms with Gasteiger partial charge in [0.05, 0.1) is 12.1 Å². The molecule has 0 unspecified atom stereocenters. The van der Waals surface area contributed by atoms with Gasteiger partial charge in [0.2, 0.25) is 0 Å². The second-order valence-electron chi connectivity index (χ2n) is 11.1. The van der Waals surface area contributed by atoms with Crippen LogP contribution in [0.1, 0.15) is 89.7 Å². The highest BCUT2D eigenvalue weighted by Gasteiger charge is 2.37. The number of nitrogens with zero attached hydrogens (tertiary/aromatic N) is 2. The van der Waals surface area contributed by atoms with E-state index in [2.05, 4.69) is 69.3 Å². The van der Waals surface area contributed by atoms with E-state index in [1.165, 1.54) is 18.4 Å². The molecular weight excluding hydrogens is 484 g/mol. The van der Waals surface area contributed by atoms with Gasteiger partial charge in [0.15, 0.2) is 0 Å². The smallest absolute Gasteiger partial charge is 0.322 e. The number of anilines is 1. The molecule has 0 aliphatic carbocycles. The fraction of sp³-hybridized carbons (Fsp3) is 0.606. The van der Waals surface area contributed by atoms with Gasteiger partial charge in [-0.25, -0.2) is 4.79 Å². The Labute approximate surface area is 238 Å². The average molecular weight is 539 g/mol. The minimum atomic E-state index is -0.390. The van der Waals surface area contributed by atoms with Crippen LogP contribution in [-0.4, -0.2) is 55.2 Å². The van der Waals surface area contributed by atoms with Crippen LogP contribution in [0.15, 0.2) is 48.5 Å². The van der Waals surface area contributed by atoms with Crippen molar-refractivity contribution in [1.82, 2.24) is 9.80 Å². The van der Waals surface area contributed by atoms with Crippen LogP contribution in [-0.2, 0) is 13.0 Å². The molecular formula is C33H54N4O2. The zero-order chi connectivity index (χ0) is 28.5. The molecule has 0 aliphatic heterocycles. The Kier molecular flexibility index (Phi) is 15.0. The van der Waals surface area contributed by atoms with Crippen molar-refractivity contribution in [3.63, 3.8) is 0 Å². The third-order valence-corrected chi connectivity index (χ3v) is 7.50. The Morgan fingerprint density at radius 3 is 1.97 bits per heavy atom. The van der Waals surface area contributed by atoms with E-state index in [0.29, 0.717) is 19.7 Å². The zero-order valence-electron chi connectivity index (χ0n) is 25.3. The molecule has 6 nitrogen and oxygen atoms in total. The first-order valence-electron chi connectivity index (χ1n) is 15.1. The summed E-state index contributed by atoms with van der Waals surface area (Å²) in [6.45, 7) is 9.24. The van der Waals surface area contributed by atoms with Crippen LogP contribution in [0.25, 0.3) is 0 Å². The van der Waals surface area contributed by atoms with Crippen molar-refractivity contribution >= 4 is 11.7 Å². The molecule has 218 valence electrons. The predicted octanol–water partition coefficient (Wildman–Crippen LogP) is 7.47. The maximum Gasteiger partial charge on any atom is 0.322 e. The Morgan fingerprint density at radius 1 is 0.846 bits per heavy atom. The lowest BCUT2D eigenvalue weighted by atomic mass is 9.85. The summed E-state index contributed by atoms with van der Waals surface area (Å²) in [5.41, 5.74) is 9.32. The number of nitrogens with one attached hydrogen (secondary N) is 1. The van der Waals surface area contributed by atoms with E-state index in [4.69, 9.17) is 10.5 Å². The Hall–Kier alpha value is -2.57. The summed E-state index contributed by atoms with van der Waals surface area (Å²) in [6, 6.07) is 16.4. The first kappa shape index (κ1) is 32.6. The monoisotopic (exact) mass is 538 g/mol. The zero-order valence-corrected chi connectivity index (χ0v) is 25.3. The van der Waals surface area contributed by atoms with Crippen molar-refractivity contribution < 1.29 is 9.53 Å². The number of rotatable bonds is 19. The number of unbranched alkanes of at least 4 members (excludes halogenated alkanes) is 3. The van der Waals surface area contributed by atoms with Gasteiger partial charge in [-0.05, 0) is 81.6 Å². The summed E-state index contributed by atoms with van der Waals surface area (Å²) in [5.74, 6) is 0.860. The van der Waals surface area contributed by atoms with Crippen molar-refractivity contribution in [1.29, 1.82) is 0 Å². The van der Waals surface area contributed by atoms with Gasteiger partial charge in [0.1, 0.15) is 5.75 Å². The quantitative estimate of drug-likeness (QED) is 0.182. The number of carbonyl (C=O) groups excluding carboxylic acids is 1. The van der Waals surface area contributed by atoms with Gasteiger partial charge in [-0.2, -0.15) is 0 Å². The maximum atomic E-state index is 13.9. The fourth-order valence-corrected chi connectivity index (χ4v) is 4.95. The second kappa shape index (κ2) is 17.9. The molecule has 39 heavy (non-hydrogen) atoms. The molecule has 0 saturated carbocycles. The van der Waals surface area contributed by atoms with Crippen LogP contribution in [0.2, 0.25) is 0 Å². The fourth-order valence-electron chi connectivity index (χ4n) is 4.95. The predicted molar refractivity (Wildman–Crippen MR) is 166 cm³/mol. The number of urea groups is 1. The number of ether oxygens (including phenoxy) is 1. The van der Waals surface area contributed by atoms with E-state index < -0.39 is 5.54 Å². The van der Waals surface area contributed by atoms with Gasteiger partial charge in [-0.15, -0.1) is 0 Å². The molecule has 0 heterocycles. The molecule has 0 aromatic heterocycles. The number of aryl methyl sites for hydroxylation is 1. The molecule has 2 rings (SSSR count). The largest absolute Gasteiger partial charge is 0.494 e. The Bertz CT molecular complexity index is 920. The number of hydrogen-bond donors (Lipinski definition) is 2. The number of benzene rings is 2. The summed E-state index contributed by atoms with van der Waals surface area (Å²) >= 11 is 0. The molecule has 2 aromatic carbocycles. The van der Waals surface area contributed by atoms with E-state index >= 15 is 0 Å². The molecule has 0 aliphatic rings. The SMILES string of the molecule is CCCCc1ccc(NC(=O)N(Cc2ccc(OCCCN(C)C)cc2)C(CN)(CCCC)CCCC)cc1. The highest BCUT2D eigenvalue weighted by molar-refractivity contribution is 5.90. The molecule has 0 radical (unpaired) electrons. The minimum absolute atomic E-state index is 0.0852. The van der Waals surface area contributed by atoms with Crippen molar-refractivity contribution in [2.45, 2.75) is 97.1 Å². The molecule has 2 aromatic rings. The van der Waals surface area contributed by atoms with Gasteiger partial charge in [0, 0.05) is 25.3 Å². The highest BCUT2D eigenvalue weighted by Crippen LogP contribution is 2.31. The normalized spacial score (nSPS) is 11.6. The molecule has 2 amide bonds. The van der Waals surface area contributed by atoms with Crippen LogP contribution in [0.3, 0.4) is 0 Å². The third-order valence-electron chi connectivity index (χ3n) is 7.50. The lowest BCUT2D eigenvalue weighted by Gasteiger charge is -2.44. The topological polar surface area (TPSA) is 70.8 Å². The minimum Gasteiger partial charge on any atom is -0.494 e. The van der Waals surface area contributed by atoms with Crippen molar-refractivity contribution in [2.24, 2.45) is 5.73 Å². The average Bonchev–Trinajstić information content (AvgIpc) is 2.95. The van der Waals surface area contributed by atoms with Gasteiger partial charge >= 0.3 is 6.03 Å². The summed E-state index contributed by atoms with van der Waals surface area (Å²) < 4.78 is 5.93. The number of hydrogen-bond acceptors (Lipinski definition) is 4. The van der Waals surface area contributed by atoms with Crippen molar-refractivity contribution in [2.75, 3.05) is 39.1 Å². The maximum absolute atomic E-state index is 13.9. The van der Waals surface area contributed by atoms with Crippen LogP contribution in [0, 0.1) is 0 Å². The van der Waals surface area contributed by atoms with E-state index in [1.54, 1.807) is 0 Å². The molecule has 6 heteroatoms. The van der Waals surface area contributed by atoms with Crippen LogP contribution >= 0.6 is 0 Å². The Morgan fingerprint density at radius 2 is 1.44 bits per heavy atom. The van der Waals surface area contributed by atoms with Crippen molar-refractivity contribution in [3.8, 4) is 5.75 Å². The first-order chi connectivity index (χ1) is 18.9.